The van der Waals surface area contributed by atoms with Crippen LogP contribution in [0.5, 0.6) is 0 Å². The molecule has 0 aliphatic carbocycles. The summed E-state index contributed by atoms with van der Waals surface area (Å²) in [7, 11) is 3.67. The molecule has 0 aliphatic rings. The number of nitrogen functional groups attached to an aromatic ring is 1. The van der Waals surface area contributed by atoms with Crippen LogP contribution in [0.4, 0.5) is 11.6 Å². The maximum absolute atomic E-state index is 5.62. The van der Waals surface area contributed by atoms with Crippen LogP contribution in [0.15, 0.2) is 12.3 Å². The van der Waals surface area contributed by atoms with Gasteiger partial charge in [0.2, 0.25) is 0 Å². The van der Waals surface area contributed by atoms with Crippen LogP contribution in [0, 0.1) is 0 Å². The van der Waals surface area contributed by atoms with E-state index in [1.165, 1.54) is 0 Å². The fourth-order valence-corrected chi connectivity index (χ4v) is 1.21. The second-order valence-corrected chi connectivity index (χ2v) is 2.75. The molecule has 2 rings (SSSR count). The van der Waals surface area contributed by atoms with Crippen molar-refractivity contribution in [2.45, 2.75) is 0 Å². The van der Waals surface area contributed by atoms with Gasteiger partial charge in [0.1, 0.15) is 7.05 Å². The van der Waals surface area contributed by atoms with E-state index in [0.29, 0.717) is 5.95 Å². The third kappa shape index (κ3) is 1.07. The first-order valence-corrected chi connectivity index (χ1v) is 3.90. The van der Waals surface area contributed by atoms with Crippen LogP contribution < -0.4 is 15.7 Å². The molecule has 0 radical (unpaired) electrons. The fourth-order valence-electron chi connectivity index (χ4n) is 1.21. The van der Waals surface area contributed by atoms with Gasteiger partial charge in [-0.2, -0.15) is 0 Å². The Morgan fingerprint density at radius 2 is 2.38 bits per heavy atom. The molecule has 3 N–H and O–H groups in total. The van der Waals surface area contributed by atoms with Crippen molar-refractivity contribution in [3.63, 3.8) is 0 Å². The zero-order chi connectivity index (χ0) is 9.42. The molecular formula is C7H11N6+. The lowest BCUT2D eigenvalue weighted by molar-refractivity contribution is -0.703. The standard InChI is InChI=1S/C7H10N6/c1-9-5-3-6-12(2)11-7(8)13(6)10-4-5/h3-4H,1-2H3,(H2,8,11)/p+1. The van der Waals surface area contributed by atoms with Gasteiger partial charge in [0.25, 0.3) is 0 Å². The third-order valence-electron chi connectivity index (χ3n) is 1.90. The second-order valence-electron chi connectivity index (χ2n) is 2.75. The van der Waals surface area contributed by atoms with Crippen molar-refractivity contribution in [1.29, 1.82) is 0 Å². The van der Waals surface area contributed by atoms with Crippen LogP contribution in [0.3, 0.4) is 0 Å². The van der Waals surface area contributed by atoms with Crippen LogP contribution in [0.1, 0.15) is 0 Å². The Balaban J connectivity index is 2.76. The Labute approximate surface area is 75.0 Å². The average Bonchev–Trinajstić information content (AvgIpc) is 2.42. The SMILES string of the molecule is CNc1cnn2c(N)n[n+](C)c2c1. The first-order chi connectivity index (χ1) is 6.22. The molecule has 0 aliphatic heterocycles. The molecule has 0 unspecified atom stereocenters. The maximum atomic E-state index is 5.62. The van der Waals surface area contributed by atoms with Gasteiger partial charge in [0, 0.05) is 7.05 Å². The van der Waals surface area contributed by atoms with Gasteiger partial charge < -0.3 is 11.1 Å². The summed E-state index contributed by atoms with van der Waals surface area (Å²) in [4.78, 5) is 0. The Kier molecular flexibility index (Phi) is 1.54. The van der Waals surface area contributed by atoms with Crippen LogP contribution in [-0.4, -0.2) is 21.8 Å². The average molecular weight is 179 g/mol. The van der Waals surface area contributed by atoms with Gasteiger partial charge in [-0.1, -0.05) is 9.61 Å². The molecule has 0 atom stereocenters. The van der Waals surface area contributed by atoms with E-state index < -0.39 is 0 Å². The van der Waals surface area contributed by atoms with Gasteiger partial charge in [-0.3, -0.25) is 0 Å². The van der Waals surface area contributed by atoms with Gasteiger partial charge in [-0.05, 0) is 5.10 Å². The fraction of sp³-hybridized carbons (Fsp3) is 0.286. The van der Waals surface area contributed by atoms with Crippen LogP contribution in [-0.2, 0) is 7.05 Å². The van der Waals surface area contributed by atoms with Gasteiger partial charge >= 0.3 is 11.6 Å². The molecule has 0 saturated heterocycles. The highest BCUT2D eigenvalue weighted by Gasteiger charge is 2.14. The van der Waals surface area contributed by atoms with Crippen LogP contribution >= 0.6 is 0 Å². The second kappa shape index (κ2) is 2.58. The van der Waals surface area contributed by atoms with Crippen molar-refractivity contribution >= 4 is 17.3 Å². The quantitative estimate of drug-likeness (QED) is 0.561. The van der Waals surface area contributed by atoms with Crippen molar-refractivity contribution in [1.82, 2.24) is 14.7 Å². The van der Waals surface area contributed by atoms with Gasteiger partial charge in [0.15, 0.2) is 0 Å². The van der Waals surface area contributed by atoms with Gasteiger partial charge in [-0.15, -0.1) is 4.68 Å². The predicted molar refractivity (Wildman–Crippen MR) is 48.1 cm³/mol. The lowest BCUT2D eigenvalue weighted by Gasteiger charge is -1.94. The number of aryl methyl sites for hydroxylation is 1. The highest BCUT2D eigenvalue weighted by molar-refractivity contribution is 5.50. The summed E-state index contributed by atoms with van der Waals surface area (Å²) in [6, 6.07) is 1.93. The first kappa shape index (κ1) is 7.78. The Bertz CT molecular complexity index is 445. The van der Waals surface area contributed by atoms with Crippen molar-refractivity contribution in [3.8, 4) is 0 Å². The number of nitrogens with two attached hydrogens (primary N) is 1. The number of nitrogens with zero attached hydrogens (tertiary/aromatic N) is 4. The number of hydrogen-bond acceptors (Lipinski definition) is 4. The molecule has 13 heavy (non-hydrogen) atoms. The van der Waals surface area contributed by atoms with Crippen LogP contribution in [0.25, 0.3) is 5.65 Å². The molecule has 0 bridgehead atoms. The highest BCUT2D eigenvalue weighted by Crippen LogP contribution is 2.07. The zero-order valence-corrected chi connectivity index (χ0v) is 7.52. The normalized spacial score (nSPS) is 10.6. The monoisotopic (exact) mass is 179 g/mol. The van der Waals surface area contributed by atoms with E-state index >= 15 is 0 Å². The minimum Gasteiger partial charge on any atom is -0.387 e. The molecule has 6 nitrogen and oxygen atoms in total. The van der Waals surface area contributed by atoms with Crippen molar-refractivity contribution in [2.24, 2.45) is 7.05 Å². The number of fused-ring (bicyclic) bond motifs is 1. The van der Waals surface area contributed by atoms with Crippen molar-refractivity contribution in [2.75, 3.05) is 18.1 Å². The van der Waals surface area contributed by atoms with Gasteiger partial charge in [-0.25, -0.2) is 0 Å². The molecule has 6 heteroatoms. The summed E-state index contributed by atoms with van der Waals surface area (Å²) in [5.41, 5.74) is 7.40. The van der Waals surface area contributed by atoms with E-state index in [1.807, 2.05) is 20.2 Å². The molecule has 0 spiro atoms. The minimum absolute atomic E-state index is 0.389. The lowest BCUT2D eigenvalue weighted by Crippen LogP contribution is -2.30. The molecule has 2 aromatic rings. The Morgan fingerprint density at radius 3 is 3.08 bits per heavy atom. The minimum atomic E-state index is 0.389. The first-order valence-electron chi connectivity index (χ1n) is 3.90. The third-order valence-corrected chi connectivity index (χ3v) is 1.90. The zero-order valence-electron chi connectivity index (χ0n) is 7.52. The number of hydrogen-bond donors (Lipinski definition) is 2. The molecule has 2 heterocycles. The molecule has 0 saturated carbocycles. The summed E-state index contributed by atoms with van der Waals surface area (Å²) < 4.78 is 3.27. The summed E-state index contributed by atoms with van der Waals surface area (Å²) in [5, 5.41) is 11.1. The molecule has 68 valence electrons. The Hall–Kier alpha value is -1.85. The van der Waals surface area contributed by atoms with E-state index in [9.17, 15) is 0 Å². The topological polar surface area (TPSA) is 72.1 Å². The number of nitrogens with one attached hydrogen (secondary N) is 1. The summed E-state index contributed by atoms with van der Waals surface area (Å²) in [5.74, 6) is 0.389. The van der Waals surface area contributed by atoms with E-state index in [1.54, 1.807) is 15.4 Å². The van der Waals surface area contributed by atoms with Crippen LogP contribution in [0.2, 0.25) is 0 Å². The largest absolute Gasteiger partial charge is 0.387 e. The molecule has 0 fully saturated rings. The number of aromatic nitrogens is 4. The highest BCUT2D eigenvalue weighted by atomic mass is 15.4. The smallest absolute Gasteiger partial charge is 0.355 e. The van der Waals surface area contributed by atoms with E-state index in [4.69, 9.17) is 5.73 Å². The van der Waals surface area contributed by atoms with E-state index in [2.05, 4.69) is 15.5 Å². The molecule has 0 aromatic carbocycles. The summed E-state index contributed by atoms with van der Waals surface area (Å²) in [6.07, 6.45) is 1.70. The Morgan fingerprint density at radius 1 is 1.62 bits per heavy atom. The summed E-state index contributed by atoms with van der Waals surface area (Å²) >= 11 is 0. The van der Waals surface area contributed by atoms with Crippen molar-refractivity contribution < 1.29 is 4.68 Å². The molecule has 2 aromatic heterocycles. The van der Waals surface area contributed by atoms with Crippen molar-refractivity contribution in [3.05, 3.63) is 12.3 Å². The van der Waals surface area contributed by atoms with E-state index in [-0.39, 0.29) is 0 Å². The maximum Gasteiger partial charge on any atom is 0.355 e. The number of rotatable bonds is 1. The van der Waals surface area contributed by atoms with E-state index in [0.717, 1.165) is 11.3 Å². The molecule has 0 amide bonds. The molecular weight excluding hydrogens is 168 g/mol. The summed E-state index contributed by atoms with van der Waals surface area (Å²) in [6.45, 7) is 0. The number of anilines is 2. The lowest BCUT2D eigenvalue weighted by atomic mass is 10.4. The van der Waals surface area contributed by atoms with Gasteiger partial charge in [0.05, 0.1) is 18.0 Å². The predicted octanol–water partition coefficient (Wildman–Crippen LogP) is -0.822.